The number of halogens is 2. The second-order valence-corrected chi connectivity index (χ2v) is 5.88. The van der Waals surface area contributed by atoms with E-state index in [-0.39, 0.29) is 4.83 Å². The van der Waals surface area contributed by atoms with Crippen LogP contribution in [0.1, 0.15) is 29.8 Å². The minimum atomic E-state index is 0.0329. The van der Waals surface area contributed by atoms with Crippen LogP contribution in [0.15, 0.2) is 39.6 Å². The number of benzene rings is 1. The third-order valence-corrected chi connectivity index (χ3v) is 4.48. The molecule has 1 heterocycles. The predicted molar refractivity (Wildman–Crippen MR) is 86.0 cm³/mol. The Kier molecular flexibility index (Phi) is 5.54. The van der Waals surface area contributed by atoms with Gasteiger partial charge in [0.15, 0.2) is 11.5 Å². The highest BCUT2D eigenvalue weighted by Gasteiger charge is 2.18. The smallest absolute Gasteiger partial charge is 0.162 e. The van der Waals surface area contributed by atoms with E-state index in [2.05, 4.69) is 31.9 Å². The standard InChI is InChI=1S/C15H16Br2O3/c1-3-19-13-7-11(12(16)8-14(13)20-4-2)15(17)10-5-6-18-9-10/h5-9,15H,3-4H2,1-2H3. The first-order chi connectivity index (χ1) is 9.67. The van der Waals surface area contributed by atoms with Crippen molar-refractivity contribution in [1.29, 1.82) is 0 Å². The summed E-state index contributed by atoms with van der Waals surface area (Å²) in [5, 5.41) is 0. The molecule has 0 aliphatic rings. The van der Waals surface area contributed by atoms with Gasteiger partial charge < -0.3 is 13.9 Å². The molecule has 5 heteroatoms. The Balaban J connectivity index is 2.40. The summed E-state index contributed by atoms with van der Waals surface area (Å²) in [5.74, 6) is 1.50. The largest absolute Gasteiger partial charge is 0.490 e. The molecule has 0 amide bonds. The van der Waals surface area contributed by atoms with Crippen LogP contribution < -0.4 is 9.47 Å². The normalized spacial score (nSPS) is 12.2. The first-order valence-corrected chi connectivity index (χ1v) is 8.13. The van der Waals surface area contributed by atoms with Crippen molar-refractivity contribution in [3.8, 4) is 11.5 Å². The number of furan rings is 1. The molecule has 0 spiro atoms. The zero-order chi connectivity index (χ0) is 14.5. The summed E-state index contributed by atoms with van der Waals surface area (Å²) in [7, 11) is 0. The Bertz CT molecular complexity index is 552. The molecule has 3 nitrogen and oxygen atoms in total. The van der Waals surface area contributed by atoms with Crippen LogP contribution in [0, 0.1) is 0 Å². The summed E-state index contributed by atoms with van der Waals surface area (Å²) in [6.07, 6.45) is 3.39. The lowest BCUT2D eigenvalue weighted by atomic mass is 10.1. The number of hydrogen-bond donors (Lipinski definition) is 0. The molecular formula is C15H16Br2O3. The highest BCUT2D eigenvalue weighted by molar-refractivity contribution is 9.11. The Labute approximate surface area is 135 Å². The van der Waals surface area contributed by atoms with Crippen molar-refractivity contribution in [3.05, 3.63) is 46.3 Å². The minimum Gasteiger partial charge on any atom is -0.490 e. The van der Waals surface area contributed by atoms with E-state index < -0.39 is 0 Å². The van der Waals surface area contributed by atoms with Gasteiger partial charge in [-0.05, 0) is 37.6 Å². The van der Waals surface area contributed by atoms with Crippen LogP contribution in [0.2, 0.25) is 0 Å². The fourth-order valence-corrected chi connectivity index (χ4v) is 3.38. The summed E-state index contributed by atoms with van der Waals surface area (Å²) in [6.45, 7) is 5.11. The van der Waals surface area contributed by atoms with E-state index >= 15 is 0 Å². The molecule has 2 aromatic rings. The predicted octanol–water partition coefficient (Wildman–Crippen LogP) is 5.32. The molecule has 0 N–H and O–H groups in total. The zero-order valence-electron chi connectivity index (χ0n) is 11.4. The maximum absolute atomic E-state index is 5.66. The summed E-state index contributed by atoms with van der Waals surface area (Å²) < 4.78 is 17.4. The van der Waals surface area contributed by atoms with Crippen LogP contribution >= 0.6 is 31.9 Å². The lowest BCUT2D eigenvalue weighted by molar-refractivity contribution is 0.287. The maximum atomic E-state index is 5.66. The molecule has 0 aliphatic heterocycles. The number of hydrogen-bond acceptors (Lipinski definition) is 3. The maximum Gasteiger partial charge on any atom is 0.162 e. The highest BCUT2D eigenvalue weighted by atomic mass is 79.9. The zero-order valence-corrected chi connectivity index (χ0v) is 14.5. The van der Waals surface area contributed by atoms with Crippen molar-refractivity contribution in [2.24, 2.45) is 0 Å². The van der Waals surface area contributed by atoms with Crippen LogP contribution in [-0.4, -0.2) is 13.2 Å². The molecule has 20 heavy (non-hydrogen) atoms. The summed E-state index contributed by atoms with van der Waals surface area (Å²) in [6, 6.07) is 5.87. The van der Waals surface area contributed by atoms with Gasteiger partial charge in [0.2, 0.25) is 0 Å². The van der Waals surface area contributed by atoms with Gasteiger partial charge in [0.1, 0.15) is 0 Å². The number of ether oxygens (including phenoxy) is 2. The van der Waals surface area contributed by atoms with E-state index in [0.717, 1.165) is 27.1 Å². The van der Waals surface area contributed by atoms with Gasteiger partial charge in [0.25, 0.3) is 0 Å². The van der Waals surface area contributed by atoms with Crippen LogP contribution in [0.5, 0.6) is 11.5 Å². The van der Waals surface area contributed by atoms with Gasteiger partial charge in [0.05, 0.1) is 30.6 Å². The quantitative estimate of drug-likeness (QED) is 0.611. The Morgan fingerprint density at radius 2 is 1.80 bits per heavy atom. The van der Waals surface area contributed by atoms with Crippen LogP contribution in [-0.2, 0) is 0 Å². The van der Waals surface area contributed by atoms with E-state index in [1.54, 1.807) is 12.5 Å². The monoisotopic (exact) mass is 402 g/mol. The van der Waals surface area contributed by atoms with Crippen LogP contribution in [0.4, 0.5) is 0 Å². The van der Waals surface area contributed by atoms with Crippen molar-refractivity contribution >= 4 is 31.9 Å². The molecule has 0 saturated heterocycles. The molecule has 0 radical (unpaired) electrons. The van der Waals surface area contributed by atoms with E-state index in [4.69, 9.17) is 13.9 Å². The Morgan fingerprint density at radius 1 is 1.15 bits per heavy atom. The lowest BCUT2D eigenvalue weighted by Crippen LogP contribution is -2.01. The SMILES string of the molecule is CCOc1cc(Br)c(C(Br)c2ccoc2)cc1OCC. The van der Waals surface area contributed by atoms with Gasteiger partial charge in [0, 0.05) is 10.0 Å². The summed E-state index contributed by atoms with van der Waals surface area (Å²) >= 11 is 7.28. The molecule has 0 fully saturated rings. The van der Waals surface area contributed by atoms with Gasteiger partial charge in [-0.2, -0.15) is 0 Å². The Morgan fingerprint density at radius 3 is 2.35 bits per heavy atom. The van der Waals surface area contributed by atoms with Crippen LogP contribution in [0.3, 0.4) is 0 Å². The van der Waals surface area contributed by atoms with Crippen molar-refractivity contribution < 1.29 is 13.9 Å². The fraction of sp³-hybridized carbons (Fsp3) is 0.333. The van der Waals surface area contributed by atoms with Gasteiger partial charge in [-0.25, -0.2) is 0 Å². The van der Waals surface area contributed by atoms with E-state index in [1.165, 1.54) is 0 Å². The highest BCUT2D eigenvalue weighted by Crippen LogP contribution is 2.41. The molecular weight excluding hydrogens is 388 g/mol. The molecule has 0 bridgehead atoms. The first kappa shape index (κ1) is 15.4. The van der Waals surface area contributed by atoms with Crippen molar-refractivity contribution in [1.82, 2.24) is 0 Å². The topological polar surface area (TPSA) is 31.6 Å². The van der Waals surface area contributed by atoms with Gasteiger partial charge >= 0.3 is 0 Å². The number of alkyl halides is 1. The van der Waals surface area contributed by atoms with Crippen molar-refractivity contribution in [3.63, 3.8) is 0 Å². The summed E-state index contributed by atoms with van der Waals surface area (Å²) in [4.78, 5) is 0.0329. The van der Waals surface area contributed by atoms with E-state index in [0.29, 0.717) is 13.2 Å². The van der Waals surface area contributed by atoms with Gasteiger partial charge in [-0.15, -0.1) is 0 Å². The molecule has 108 valence electrons. The molecule has 0 saturated carbocycles. The van der Waals surface area contributed by atoms with Crippen LogP contribution in [0.25, 0.3) is 0 Å². The second-order valence-electron chi connectivity index (χ2n) is 4.11. The third kappa shape index (κ3) is 3.38. The third-order valence-electron chi connectivity index (χ3n) is 2.77. The summed E-state index contributed by atoms with van der Waals surface area (Å²) in [5.41, 5.74) is 2.12. The molecule has 1 aromatic heterocycles. The van der Waals surface area contributed by atoms with Crippen molar-refractivity contribution in [2.45, 2.75) is 18.7 Å². The first-order valence-electron chi connectivity index (χ1n) is 6.42. The Hall–Kier alpha value is -0.940. The van der Waals surface area contributed by atoms with Gasteiger partial charge in [-0.3, -0.25) is 0 Å². The molecule has 0 aliphatic carbocycles. The second kappa shape index (κ2) is 7.18. The lowest BCUT2D eigenvalue weighted by Gasteiger charge is -2.16. The molecule has 1 atom stereocenters. The van der Waals surface area contributed by atoms with E-state index in [9.17, 15) is 0 Å². The van der Waals surface area contributed by atoms with Gasteiger partial charge in [-0.1, -0.05) is 31.9 Å². The molecule has 2 rings (SSSR count). The molecule has 1 aromatic carbocycles. The average molecular weight is 404 g/mol. The van der Waals surface area contributed by atoms with Crippen molar-refractivity contribution in [2.75, 3.05) is 13.2 Å². The number of rotatable bonds is 6. The molecule has 1 unspecified atom stereocenters. The fourth-order valence-electron chi connectivity index (χ4n) is 1.88. The minimum absolute atomic E-state index is 0.0329. The average Bonchev–Trinajstić information content (AvgIpc) is 2.95. The van der Waals surface area contributed by atoms with E-state index in [1.807, 2.05) is 32.0 Å².